The first-order valence-electron chi connectivity index (χ1n) is 9.24. The topological polar surface area (TPSA) is 62.7 Å². The van der Waals surface area contributed by atoms with Crippen LogP contribution in [-0.4, -0.2) is 55.8 Å². The Bertz CT molecular complexity index is 919. The number of pyridine rings is 1. The second-order valence-corrected chi connectivity index (χ2v) is 9.82. The SMILES string of the molecule is Cc1cncc2cccc(S(=O)N3CC4CN(C(=O)OC(C)(C)C)C4C3)c12. The maximum atomic E-state index is 13.3. The summed E-state index contributed by atoms with van der Waals surface area (Å²) in [4.78, 5) is 19.2. The number of amides is 1. The lowest BCUT2D eigenvalue weighted by atomic mass is 9.93. The summed E-state index contributed by atoms with van der Waals surface area (Å²) in [5.41, 5.74) is 0.520. The van der Waals surface area contributed by atoms with Gasteiger partial charge in [0, 0.05) is 48.7 Å². The van der Waals surface area contributed by atoms with Crippen LogP contribution in [0.3, 0.4) is 0 Å². The highest BCUT2D eigenvalue weighted by atomic mass is 32.2. The van der Waals surface area contributed by atoms with Gasteiger partial charge in [0.1, 0.15) is 16.6 Å². The van der Waals surface area contributed by atoms with E-state index in [2.05, 4.69) is 4.98 Å². The number of nitrogens with zero attached hydrogens (tertiary/aromatic N) is 3. The fourth-order valence-corrected chi connectivity index (χ4v) is 5.46. The van der Waals surface area contributed by atoms with Crippen LogP contribution < -0.4 is 0 Å². The number of carbonyl (C=O) groups is 1. The molecule has 6 nitrogen and oxygen atoms in total. The third kappa shape index (κ3) is 3.34. The molecule has 27 heavy (non-hydrogen) atoms. The Morgan fingerprint density at radius 3 is 2.74 bits per heavy atom. The summed E-state index contributed by atoms with van der Waals surface area (Å²) in [5.74, 6) is 0.360. The highest BCUT2D eigenvalue weighted by Crippen LogP contribution is 2.36. The fraction of sp³-hybridized carbons (Fsp3) is 0.500. The lowest BCUT2D eigenvalue weighted by molar-refractivity contribution is -0.0164. The molecule has 2 saturated heterocycles. The lowest BCUT2D eigenvalue weighted by Crippen LogP contribution is -2.59. The highest BCUT2D eigenvalue weighted by molar-refractivity contribution is 7.83. The summed E-state index contributed by atoms with van der Waals surface area (Å²) in [5, 5.41) is 2.01. The maximum Gasteiger partial charge on any atom is 0.410 e. The Labute approximate surface area is 162 Å². The van der Waals surface area contributed by atoms with Crippen LogP contribution in [-0.2, 0) is 15.7 Å². The van der Waals surface area contributed by atoms with E-state index in [9.17, 15) is 9.00 Å². The summed E-state index contributed by atoms with van der Waals surface area (Å²) < 4.78 is 20.8. The minimum absolute atomic E-state index is 0.0848. The Balaban J connectivity index is 1.52. The van der Waals surface area contributed by atoms with E-state index in [0.717, 1.165) is 27.8 Å². The number of aromatic nitrogens is 1. The predicted octanol–water partition coefficient (Wildman–Crippen LogP) is 3.12. The van der Waals surface area contributed by atoms with Crippen molar-refractivity contribution in [1.29, 1.82) is 0 Å². The third-order valence-corrected chi connectivity index (χ3v) is 6.67. The second-order valence-electron chi connectivity index (χ2n) is 8.37. The van der Waals surface area contributed by atoms with Gasteiger partial charge in [0.05, 0.1) is 10.9 Å². The van der Waals surface area contributed by atoms with E-state index >= 15 is 0 Å². The van der Waals surface area contributed by atoms with Crippen molar-refractivity contribution in [2.45, 2.75) is 44.2 Å². The van der Waals surface area contributed by atoms with Gasteiger partial charge in [-0.3, -0.25) is 4.98 Å². The van der Waals surface area contributed by atoms with E-state index in [1.54, 1.807) is 17.3 Å². The number of hydrogen-bond donors (Lipinski definition) is 0. The van der Waals surface area contributed by atoms with E-state index in [1.165, 1.54) is 0 Å². The molecule has 1 amide bonds. The van der Waals surface area contributed by atoms with E-state index < -0.39 is 16.6 Å². The van der Waals surface area contributed by atoms with E-state index in [-0.39, 0.29) is 12.1 Å². The second kappa shape index (κ2) is 6.56. The number of ether oxygens (including phenoxy) is 1. The number of likely N-dealkylation sites (tertiary alicyclic amines) is 1. The van der Waals surface area contributed by atoms with Crippen molar-refractivity contribution in [3.8, 4) is 0 Å². The molecule has 0 radical (unpaired) electrons. The number of aryl methyl sites for hydroxylation is 1. The molecule has 7 heteroatoms. The first-order chi connectivity index (χ1) is 12.7. The van der Waals surface area contributed by atoms with E-state index in [4.69, 9.17) is 4.74 Å². The molecule has 2 fully saturated rings. The average Bonchev–Trinajstić information content (AvgIpc) is 2.89. The van der Waals surface area contributed by atoms with Gasteiger partial charge >= 0.3 is 6.09 Å². The summed E-state index contributed by atoms with van der Waals surface area (Å²) in [6.07, 6.45) is 3.34. The molecule has 0 aliphatic carbocycles. The first kappa shape index (κ1) is 18.4. The minimum Gasteiger partial charge on any atom is -0.444 e. The smallest absolute Gasteiger partial charge is 0.410 e. The van der Waals surface area contributed by atoms with Crippen molar-refractivity contribution in [1.82, 2.24) is 14.2 Å². The molecule has 2 aliphatic heterocycles. The standard InChI is InChI=1S/C20H25N3O3S/c1-13-8-21-9-14-6-5-7-17(18(13)14)27(25)22-10-15-11-23(16(15)12-22)19(24)26-20(2,3)4/h5-9,15-16H,10-12H2,1-4H3. The van der Waals surface area contributed by atoms with Crippen molar-refractivity contribution >= 4 is 27.9 Å². The molecular formula is C20H25N3O3S. The zero-order valence-corrected chi connectivity index (χ0v) is 17.0. The van der Waals surface area contributed by atoms with Crippen LogP contribution in [0, 0.1) is 12.8 Å². The van der Waals surface area contributed by atoms with Gasteiger partial charge in [0.15, 0.2) is 0 Å². The van der Waals surface area contributed by atoms with E-state index in [0.29, 0.717) is 19.0 Å². The largest absolute Gasteiger partial charge is 0.444 e. The molecule has 1 aromatic carbocycles. The lowest BCUT2D eigenvalue weighted by Gasteiger charge is -2.43. The highest BCUT2D eigenvalue weighted by Gasteiger charge is 2.50. The van der Waals surface area contributed by atoms with Crippen LogP contribution in [0.15, 0.2) is 35.5 Å². The maximum absolute atomic E-state index is 13.3. The molecule has 144 valence electrons. The molecule has 0 spiro atoms. The number of benzene rings is 1. The molecule has 3 unspecified atom stereocenters. The number of fused-ring (bicyclic) bond motifs is 2. The number of carbonyl (C=O) groups excluding carboxylic acids is 1. The van der Waals surface area contributed by atoms with Crippen LogP contribution in [0.25, 0.3) is 10.8 Å². The Morgan fingerprint density at radius 1 is 1.22 bits per heavy atom. The van der Waals surface area contributed by atoms with Crippen molar-refractivity contribution < 1.29 is 13.7 Å². The molecule has 3 atom stereocenters. The van der Waals surface area contributed by atoms with Crippen LogP contribution in [0.2, 0.25) is 0 Å². The van der Waals surface area contributed by atoms with Crippen molar-refractivity contribution in [3.05, 3.63) is 36.2 Å². The number of rotatable bonds is 2. The van der Waals surface area contributed by atoms with E-state index in [1.807, 2.05) is 50.2 Å². The van der Waals surface area contributed by atoms with Crippen LogP contribution >= 0.6 is 0 Å². The third-order valence-electron chi connectivity index (χ3n) is 5.19. The quantitative estimate of drug-likeness (QED) is 0.794. The fourth-order valence-electron chi connectivity index (χ4n) is 3.92. The first-order valence-corrected chi connectivity index (χ1v) is 10.3. The van der Waals surface area contributed by atoms with Crippen molar-refractivity contribution in [3.63, 3.8) is 0 Å². The van der Waals surface area contributed by atoms with Gasteiger partial charge in [-0.2, -0.15) is 0 Å². The number of hydrogen-bond acceptors (Lipinski definition) is 4. The van der Waals surface area contributed by atoms with Gasteiger partial charge in [-0.15, -0.1) is 0 Å². The van der Waals surface area contributed by atoms with Crippen LogP contribution in [0.4, 0.5) is 4.79 Å². The molecule has 2 aromatic rings. The van der Waals surface area contributed by atoms with Gasteiger partial charge in [0.2, 0.25) is 0 Å². The summed E-state index contributed by atoms with van der Waals surface area (Å²) in [6, 6.07) is 5.93. The summed E-state index contributed by atoms with van der Waals surface area (Å²) in [7, 11) is -1.27. The summed E-state index contributed by atoms with van der Waals surface area (Å²) >= 11 is 0. The molecule has 1 aromatic heterocycles. The van der Waals surface area contributed by atoms with Crippen molar-refractivity contribution in [2.24, 2.45) is 5.92 Å². The average molecular weight is 388 g/mol. The zero-order valence-electron chi connectivity index (χ0n) is 16.1. The molecule has 0 bridgehead atoms. The van der Waals surface area contributed by atoms with Crippen LogP contribution in [0.5, 0.6) is 0 Å². The molecule has 0 N–H and O–H groups in total. The zero-order chi connectivity index (χ0) is 19.3. The molecule has 4 rings (SSSR count). The Morgan fingerprint density at radius 2 is 2.00 bits per heavy atom. The predicted molar refractivity (Wildman–Crippen MR) is 105 cm³/mol. The Hall–Kier alpha value is -1.99. The Kier molecular flexibility index (Phi) is 4.47. The summed E-state index contributed by atoms with van der Waals surface area (Å²) in [6.45, 7) is 9.62. The van der Waals surface area contributed by atoms with Gasteiger partial charge < -0.3 is 9.64 Å². The molecule has 2 aliphatic rings. The monoisotopic (exact) mass is 387 g/mol. The molecular weight excluding hydrogens is 362 g/mol. The van der Waals surface area contributed by atoms with Gasteiger partial charge in [-0.25, -0.2) is 13.3 Å². The van der Waals surface area contributed by atoms with Gasteiger partial charge in [-0.05, 0) is 39.3 Å². The molecule has 0 saturated carbocycles. The van der Waals surface area contributed by atoms with Crippen molar-refractivity contribution in [2.75, 3.05) is 19.6 Å². The van der Waals surface area contributed by atoms with Gasteiger partial charge in [0.25, 0.3) is 0 Å². The normalized spacial score (nSPS) is 23.8. The minimum atomic E-state index is -1.27. The van der Waals surface area contributed by atoms with Gasteiger partial charge in [-0.1, -0.05) is 12.1 Å². The molecule has 3 heterocycles. The van der Waals surface area contributed by atoms with Crippen LogP contribution in [0.1, 0.15) is 26.3 Å².